The molecule has 2 atom stereocenters. The summed E-state index contributed by atoms with van der Waals surface area (Å²) in [7, 11) is 0. The first-order valence-corrected chi connectivity index (χ1v) is 5.97. The third-order valence-corrected chi connectivity index (χ3v) is 3.27. The van der Waals surface area contributed by atoms with Crippen molar-refractivity contribution in [3.63, 3.8) is 0 Å². The number of carbonyl (C=O) groups is 1. The molecule has 0 spiro atoms. The molecule has 17 heavy (non-hydrogen) atoms. The van der Waals surface area contributed by atoms with Crippen molar-refractivity contribution < 1.29 is 9.21 Å². The summed E-state index contributed by atoms with van der Waals surface area (Å²) in [4.78, 5) is 13.3. The Morgan fingerprint density at radius 1 is 1.65 bits per heavy atom. The second-order valence-corrected chi connectivity index (χ2v) is 4.62. The van der Waals surface area contributed by atoms with Gasteiger partial charge in [-0.1, -0.05) is 0 Å². The molecule has 2 unspecified atom stereocenters. The van der Waals surface area contributed by atoms with Crippen LogP contribution in [0, 0.1) is 5.92 Å². The standard InChI is InChI=1S/C12H19N3O2/c13-10(11-4-2-6-17-11)8-15-5-1-3-9(7-15)12(14)16/h2,4,6,9-10H,1,3,5,7-8,13H2,(H2,14,16). The number of hydrogen-bond donors (Lipinski definition) is 2. The highest BCUT2D eigenvalue weighted by molar-refractivity contribution is 5.76. The van der Waals surface area contributed by atoms with Gasteiger partial charge in [0.25, 0.3) is 0 Å². The first-order chi connectivity index (χ1) is 8.16. The minimum Gasteiger partial charge on any atom is -0.468 e. The van der Waals surface area contributed by atoms with Gasteiger partial charge in [0.1, 0.15) is 5.76 Å². The fourth-order valence-corrected chi connectivity index (χ4v) is 2.32. The van der Waals surface area contributed by atoms with E-state index in [1.807, 2.05) is 12.1 Å². The molecule has 5 nitrogen and oxygen atoms in total. The van der Waals surface area contributed by atoms with Gasteiger partial charge in [-0.2, -0.15) is 0 Å². The van der Waals surface area contributed by atoms with Crippen LogP contribution in [0.5, 0.6) is 0 Å². The molecule has 94 valence electrons. The Hall–Kier alpha value is -1.33. The fraction of sp³-hybridized carbons (Fsp3) is 0.583. The fourth-order valence-electron chi connectivity index (χ4n) is 2.32. The van der Waals surface area contributed by atoms with Crippen LogP contribution in [0.25, 0.3) is 0 Å². The highest BCUT2D eigenvalue weighted by Crippen LogP contribution is 2.19. The lowest BCUT2D eigenvalue weighted by Crippen LogP contribution is -2.43. The molecule has 2 heterocycles. The third-order valence-electron chi connectivity index (χ3n) is 3.27. The lowest BCUT2D eigenvalue weighted by atomic mass is 9.97. The van der Waals surface area contributed by atoms with Crippen LogP contribution in [0.15, 0.2) is 22.8 Å². The van der Waals surface area contributed by atoms with Gasteiger partial charge in [-0.15, -0.1) is 0 Å². The minimum absolute atomic E-state index is 0.0347. The van der Waals surface area contributed by atoms with Crippen LogP contribution >= 0.6 is 0 Å². The molecular weight excluding hydrogens is 218 g/mol. The highest BCUT2D eigenvalue weighted by atomic mass is 16.3. The maximum Gasteiger partial charge on any atom is 0.221 e. The van der Waals surface area contributed by atoms with E-state index in [0.717, 1.165) is 25.1 Å². The van der Waals surface area contributed by atoms with Crippen LogP contribution in [0.1, 0.15) is 24.6 Å². The largest absolute Gasteiger partial charge is 0.468 e. The van der Waals surface area contributed by atoms with Crippen molar-refractivity contribution in [3.8, 4) is 0 Å². The highest BCUT2D eigenvalue weighted by Gasteiger charge is 2.25. The van der Waals surface area contributed by atoms with Crippen molar-refractivity contribution in [2.45, 2.75) is 18.9 Å². The number of nitrogens with zero attached hydrogens (tertiary/aromatic N) is 1. The summed E-state index contributed by atoms with van der Waals surface area (Å²) in [5.74, 6) is 0.542. The van der Waals surface area contributed by atoms with Gasteiger partial charge in [0, 0.05) is 13.1 Å². The predicted octanol–water partition coefficient (Wildman–Crippen LogP) is 0.477. The number of rotatable bonds is 4. The van der Waals surface area contributed by atoms with Crippen LogP contribution in [0.2, 0.25) is 0 Å². The molecule has 0 saturated carbocycles. The van der Waals surface area contributed by atoms with Crippen LogP contribution < -0.4 is 11.5 Å². The van der Waals surface area contributed by atoms with Gasteiger partial charge in [-0.25, -0.2) is 0 Å². The van der Waals surface area contributed by atoms with Gasteiger partial charge >= 0.3 is 0 Å². The van der Waals surface area contributed by atoms with Gasteiger partial charge in [0.05, 0.1) is 18.2 Å². The van der Waals surface area contributed by atoms with Gasteiger partial charge in [-0.05, 0) is 31.5 Å². The zero-order valence-corrected chi connectivity index (χ0v) is 9.84. The number of piperidine rings is 1. The molecule has 1 fully saturated rings. The summed E-state index contributed by atoms with van der Waals surface area (Å²) in [5.41, 5.74) is 11.4. The Morgan fingerprint density at radius 2 is 2.47 bits per heavy atom. The summed E-state index contributed by atoms with van der Waals surface area (Å²) < 4.78 is 5.27. The van der Waals surface area contributed by atoms with Gasteiger partial charge in [0.2, 0.25) is 5.91 Å². The topological polar surface area (TPSA) is 85.5 Å². The van der Waals surface area contributed by atoms with Crippen molar-refractivity contribution in [1.29, 1.82) is 0 Å². The van der Waals surface area contributed by atoms with E-state index in [-0.39, 0.29) is 17.9 Å². The SMILES string of the molecule is NC(=O)C1CCCN(CC(N)c2ccco2)C1. The van der Waals surface area contributed by atoms with Gasteiger partial charge in [-0.3, -0.25) is 4.79 Å². The summed E-state index contributed by atoms with van der Waals surface area (Å²) in [6.45, 7) is 2.39. The van der Waals surface area contributed by atoms with Crippen LogP contribution in [0.4, 0.5) is 0 Å². The summed E-state index contributed by atoms with van der Waals surface area (Å²) >= 11 is 0. The van der Waals surface area contributed by atoms with E-state index in [0.29, 0.717) is 13.1 Å². The monoisotopic (exact) mass is 237 g/mol. The third kappa shape index (κ3) is 3.08. The average molecular weight is 237 g/mol. The number of amides is 1. The van der Waals surface area contributed by atoms with Crippen molar-refractivity contribution in [3.05, 3.63) is 24.2 Å². The quantitative estimate of drug-likeness (QED) is 0.797. The van der Waals surface area contributed by atoms with E-state index >= 15 is 0 Å². The van der Waals surface area contributed by atoms with Crippen molar-refractivity contribution in [1.82, 2.24) is 4.90 Å². The Kier molecular flexibility index (Phi) is 3.81. The van der Waals surface area contributed by atoms with Crippen molar-refractivity contribution in [2.24, 2.45) is 17.4 Å². The number of furan rings is 1. The molecule has 0 aromatic carbocycles. The molecule has 1 aliphatic rings. The molecule has 1 aromatic rings. The zero-order valence-electron chi connectivity index (χ0n) is 9.84. The van der Waals surface area contributed by atoms with E-state index in [2.05, 4.69) is 4.90 Å². The Labute approximate surface area is 101 Å². The molecule has 1 aliphatic heterocycles. The Bertz CT molecular complexity index is 364. The number of likely N-dealkylation sites (tertiary alicyclic amines) is 1. The smallest absolute Gasteiger partial charge is 0.221 e. The number of nitrogens with two attached hydrogens (primary N) is 2. The number of primary amides is 1. The lowest BCUT2D eigenvalue weighted by molar-refractivity contribution is -0.123. The van der Waals surface area contributed by atoms with Gasteiger partial charge in [0.15, 0.2) is 0 Å². The van der Waals surface area contributed by atoms with Crippen LogP contribution in [0.3, 0.4) is 0 Å². The average Bonchev–Trinajstić information content (AvgIpc) is 2.82. The molecule has 2 rings (SSSR count). The molecule has 1 amide bonds. The Morgan fingerprint density at radius 3 is 3.12 bits per heavy atom. The maximum atomic E-state index is 11.2. The Balaban J connectivity index is 1.88. The number of carbonyl (C=O) groups excluding carboxylic acids is 1. The summed E-state index contributed by atoms with van der Waals surface area (Å²) in [6.07, 6.45) is 3.51. The van der Waals surface area contributed by atoms with E-state index in [4.69, 9.17) is 15.9 Å². The van der Waals surface area contributed by atoms with Crippen LogP contribution in [-0.2, 0) is 4.79 Å². The first kappa shape index (κ1) is 12.1. The molecule has 0 bridgehead atoms. The molecule has 0 aliphatic carbocycles. The second-order valence-electron chi connectivity index (χ2n) is 4.62. The van der Waals surface area contributed by atoms with E-state index in [1.54, 1.807) is 6.26 Å². The second kappa shape index (κ2) is 5.33. The minimum atomic E-state index is -0.207. The van der Waals surface area contributed by atoms with E-state index in [1.165, 1.54) is 0 Å². The van der Waals surface area contributed by atoms with Crippen LogP contribution in [-0.4, -0.2) is 30.4 Å². The number of hydrogen-bond acceptors (Lipinski definition) is 4. The zero-order chi connectivity index (χ0) is 12.3. The van der Waals surface area contributed by atoms with E-state index < -0.39 is 0 Å². The van der Waals surface area contributed by atoms with E-state index in [9.17, 15) is 4.79 Å². The predicted molar refractivity (Wildman–Crippen MR) is 64.0 cm³/mol. The summed E-state index contributed by atoms with van der Waals surface area (Å²) in [6, 6.07) is 3.56. The van der Waals surface area contributed by atoms with Crippen molar-refractivity contribution >= 4 is 5.91 Å². The lowest BCUT2D eigenvalue weighted by Gasteiger charge is -2.32. The summed E-state index contributed by atoms with van der Waals surface area (Å²) in [5, 5.41) is 0. The normalized spacial score (nSPS) is 23.5. The molecule has 4 N–H and O–H groups in total. The molecule has 0 radical (unpaired) electrons. The molecule has 1 saturated heterocycles. The molecule has 5 heteroatoms. The molecule has 1 aromatic heterocycles. The molecular formula is C12H19N3O2. The first-order valence-electron chi connectivity index (χ1n) is 5.97. The van der Waals surface area contributed by atoms with Crippen molar-refractivity contribution in [2.75, 3.05) is 19.6 Å². The van der Waals surface area contributed by atoms with Gasteiger partial charge < -0.3 is 20.8 Å². The maximum absolute atomic E-state index is 11.2.